The molecule has 0 saturated carbocycles. The van der Waals surface area contributed by atoms with Crippen LogP contribution < -0.4 is 4.74 Å². The first kappa shape index (κ1) is 11.1. The van der Waals surface area contributed by atoms with E-state index in [0.29, 0.717) is 24.5 Å². The van der Waals surface area contributed by atoms with Crippen LogP contribution in [-0.4, -0.2) is 29.8 Å². The van der Waals surface area contributed by atoms with E-state index in [1.165, 1.54) is 4.90 Å². The van der Waals surface area contributed by atoms with Gasteiger partial charge >= 0.3 is 6.09 Å². The van der Waals surface area contributed by atoms with Crippen LogP contribution in [0.4, 0.5) is 4.79 Å². The highest BCUT2D eigenvalue weighted by molar-refractivity contribution is 6.30. The quantitative estimate of drug-likeness (QED) is 0.821. The SMILES string of the molecule is COc1cc(Cl)cc2c1CCN(C(=O)O)C2. The average molecular weight is 242 g/mol. The van der Waals surface area contributed by atoms with Crippen LogP contribution in [0.1, 0.15) is 11.1 Å². The van der Waals surface area contributed by atoms with Gasteiger partial charge in [-0.1, -0.05) is 11.6 Å². The van der Waals surface area contributed by atoms with Crippen LogP contribution in [0.3, 0.4) is 0 Å². The van der Waals surface area contributed by atoms with Gasteiger partial charge in [0.1, 0.15) is 5.75 Å². The number of methoxy groups -OCH3 is 1. The number of hydrogen-bond donors (Lipinski definition) is 1. The second-order valence-corrected chi connectivity index (χ2v) is 4.14. The van der Waals surface area contributed by atoms with Gasteiger partial charge in [0.15, 0.2) is 0 Å². The highest BCUT2D eigenvalue weighted by Crippen LogP contribution is 2.31. The zero-order chi connectivity index (χ0) is 11.7. The van der Waals surface area contributed by atoms with Crippen LogP contribution in [0, 0.1) is 0 Å². The number of amides is 1. The van der Waals surface area contributed by atoms with Gasteiger partial charge in [0, 0.05) is 23.7 Å². The summed E-state index contributed by atoms with van der Waals surface area (Å²) >= 11 is 5.94. The number of benzene rings is 1. The summed E-state index contributed by atoms with van der Waals surface area (Å²) in [4.78, 5) is 12.2. The molecule has 0 aromatic heterocycles. The molecule has 0 aliphatic carbocycles. The molecule has 0 atom stereocenters. The molecule has 1 N–H and O–H groups in total. The highest BCUT2D eigenvalue weighted by Gasteiger charge is 2.22. The van der Waals surface area contributed by atoms with E-state index in [1.807, 2.05) is 0 Å². The van der Waals surface area contributed by atoms with Crippen molar-refractivity contribution >= 4 is 17.7 Å². The fourth-order valence-electron chi connectivity index (χ4n) is 1.97. The molecule has 1 amide bonds. The second kappa shape index (κ2) is 4.22. The number of fused-ring (bicyclic) bond motifs is 1. The smallest absolute Gasteiger partial charge is 0.407 e. The number of hydrogen-bond acceptors (Lipinski definition) is 2. The van der Waals surface area contributed by atoms with E-state index in [9.17, 15) is 4.79 Å². The fraction of sp³-hybridized carbons (Fsp3) is 0.364. The molecule has 1 aliphatic heterocycles. The lowest BCUT2D eigenvalue weighted by Gasteiger charge is -2.27. The van der Waals surface area contributed by atoms with Crippen molar-refractivity contribution in [3.8, 4) is 5.75 Å². The maximum Gasteiger partial charge on any atom is 0.407 e. The lowest BCUT2D eigenvalue weighted by Crippen LogP contribution is -2.34. The maximum absolute atomic E-state index is 10.9. The predicted molar refractivity (Wildman–Crippen MR) is 60.1 cm³/mol. The van der Waals surface area contributed by atoms with Crippen molar-refractivity contribution in [2.45, 2.75) is 13.0 Å². The number of rotatable bonds is 1. The molecule has 0 saturated heterocycles. The summed E-state index contributed by atoms with van der Waals surface area (Å²) in [5, 5.41) is 9.49. The Labute approximate surface area is 98.4 Å². The first-order chi connectivity index (χ1) is 7.61. The Kier molecular flexibility index (Phi) is 2.92. The van der Waals surface area contributed by atoms with E-state index in [0.717, 1.165) is 16.9 Å². The van der Waals surface area contributed by atoms with Crippen molar-refractivity contribution in [3.63, 3.8) is 0 Å². The lowest BCUT2D eigenvalue weighted by molar-refractivity contribution is 0.139. The summed E-state index contributed by atoms with van der Waals surface area (Å²) in [5.74, 6) is 0.743. The van der Waals surface area contributed by atoms with Crippen LogP contribution in [0.2, 0.25) is 5.02 Å². The molecule has 1 heterocycles. The van der Waals surface area contributed by atoms with E-state index in [-0.39, 0.29) is 0 Å². The lowest BCUT2D eigenvalue weighted by atomic mass is 9.99. The summed E-state index contributed by atoms with van der Waals surface area (Å²) in [6.45, 7) is 0.877. The number of ether oxygens (including phenoxy) is 1. The molecule has 0 unspecified atom stereocenters. The van der Waals surface area contributed by atoms with Crippen molar-refractivity contribution in [2.24, 2.45) is 0 Å². The van der Waals surface area contributed by atoms with Gasteiger partial charge in [-0.2, -0.15) is 0 Å². The van der Waals surface area contributed by atoms with Crippen LogP contribution in [0.25, 0.3) is 0 Å². The Bertz CT molecular complexity index is 433. The summed E-state index contributed by atoms with van der Waals surface area (Å²) < 4.78 is 5.24. The van der Waals surface area contributed by atoms with Gasteiger partial charge in [-0.15, -0.1) is 0 Å². The molecule has 86 valence electrons. The average Bonchev–Trinajstić information content (AvgIpc) is 2.26. The minimum absolute atomic E-state index is 0.377. The molecule has 16 heavy (non-hydrogen) atoms. The van der Waals surface area contributed by atoms with Crippen LogP contribution >= 0.6 is 11.6 Å². The Morgan fingerprint density at radius 3 is 2.94 bits per heavy atom. The van der Waals surface area contributed by atoms with Crippen molar-refractivity contribution < 1.29 is 14.6 Å². The summed E-state index contributed by atoms with van der Waals surface area (Å²) in [6.07, 6.45) is -0.230. The van der Waals surface area contributed by atoms with Gasteiger partial charge in [-0.25, -0.2) is 4.79 Å². The zero-order valence-electron chi connectivity index (χ0n) is 8.86. The minimum Gasteiger partial charge on any atom is -0.496 e. The third-order valence-electron chi connectivity index (χ3n) is 2.75. The molecule has 4 nitrogen and oxygen atoms in total. The highest BCUT2D eigenvalue weighted by atomic mass is 35.5. The van der Waals surface area contributed by atoms with Crippen LogP contribution in [0.5, 0.6) is 5.75 Å². The summed E-state index contributed by atoms with van der Waals surface area (Å²) in [7, 11) is 1.59. The maximum atomic E-state index is 10.9. The van der Waals surface area contributed by atoms with Gasteiger partial charge in [-0.3, -0.25) is 0 Å². The molecule has 1 aromatic carbocycles. The Morgan fingerprint density at radius 1 is 1.56 bits per heavy atom. The Balaban J connectivity index is 2.38. The third kappa shape index (κ3) is 1.93. The van der Waals surface area contributed by atoms with E-state index in [1.54, 1.807) is 19.2 Å². The monoisotopic (exact) mass is 241 g/mol. The standard InChI is InChI=1S/C11H12ClNO3/c1-16-10-5-8(12)4-7-6-13(11(14)15)3-2-9(7)10/h4-5H,2-3,6H2,1H3,(H,14,15). The normalized spacial score (nSPS) is 14.5. The third-order valence-corrected chi connectivity index (χ3v) is 2.97. The summed E-state index contributed by atoms with van der Waals surface area (Å²) in [6, 6.07) is 3.56. The molecule has 0 bridgehead atoms. The number of carbonyl (C=O) groups is 1. The number of nitrogens with zero attached hydrogens (tertiary/aromatic N) is 1. The Morgan fingerprint density at radius 2 is 2.31 bits per heavy atom. The van der Waals surface area contributed by atoms with E-state index < -0.39 is 6.09 Å². The Hall–Kier alpha value is -1.42. The molecule has 0 radical (unpaired) electrons. The van der Waals surface area contributed by atoms with Crippen LogP contribution in [0.15, 0.2) is 12.1 Å². The topological polar surface area (TPSA) is 49.8 Å². The van der Waals surface area contributed by atoms with E-state index >= 15 is 0 Å². The first-order valence-corrected chi connectivity index (χ1v) is 5.32. The van der Waals surface area contributed by atoms with Gasteiger partial charge in [0.05, 0.1) is 7.11 Å². The van der Waals surface area contributed by atoms with E-state index in [4.69, 9.17) is 21.4 Å². The molecule has 2 rings (SSSR count). The predicted octanol–water partition coefficient (Wildman–Crippen LogP) is 2.38. The number of halogens is 1. The van der Waals surface area contributed by atoms with Gasteiger partial charge in [-0.05, 0) is 24.1 Å². The van der Waals surface area contributed by atoms with Crippen molar-refractivity contribution in [1.29, 1.82) is 0 Å². The number of carboxylic acid groups (broad SMARTS) is 1. The largest absolute Gasteiger partial charge is 0.496 e. The second-order valence-electron chi connectivity index (χ2n) is 3.70. The zero-order valence-corrected chi connectivity index (χ0v) is 9.62. The molecule has 1 aliphatic rings. The summed E-state index contributed by atoms with van der Waals surface area (Å²) in [5.41, 5.74) is 1.99. The van der Waals surface area contributed by atoms with Gasteiger partial charge in [0.2, 0.25) is 0 Å². The fourth-order valence-corrected chi connectivity index (χ4v) is 2.20. The minimum atomic E-state index is -0.899. The molecule has 0 spiro atoms. The first-order valence-electron chi connectivity index (χ1n) is 4.95. The van der Waals surface area contributed by atoms with Crippen molar-refractivity contribution in [1.82, 2.24) is 4.90 Å². The van der Waals surface area contributed by atoms with Crippen molar-refractivity contribution in [3.05, 3.63) is 28.3 Å². The molecule has 5 heteroatoms. The van der Waals surface area contributed by atoms with E-state index in [2.05, 4.69) is 0 Å². The van der Waals surface area contributed by atoms with Crippen LogP contribution in [-0.2, 0) is 13.0 Å². The molecular formula is C11H12ClNO3. The van der Waals surface area contributed by atoms with Crippen molar-refractivity contribution in [2.75, 3.05) is 13.7 Å². The molecule has 0 fully saturated rings. The molecular weight excluding hydrogens is 230 g/mol. The molecule has 1 aromatic rings. The van der Waals surface area contributed by atoms with Gasteiger partial charge in [0.25, 0.3) is 0 Å². The van der Waals surface area contributed by atoms with Gasteiger partial charge < -0.3 is 14.7 Å².